The molecule has 4 heterocycles. The van der Waals surface area contributed by atoms with Crippen molar-refractivity contribution in [1.82, 2.24) is 30.1 Å². The fourth-order valence-electron chi connectivity index (χ4n) is 5.40. The van der Waals surface area contributed by atoms with Gasteiger partial charge in [0.15, 0.2) is 17.3 Å². The van der Waals surface area contributed by atoms with Gasteiger partial charge in [0.2, 0.25) is 0 Å². The Balaban J connectivity index is 1.47. The molecule has 0 bridgehead atoms. The van der Waals surface area contributed by atoms with Crippen LogP contribution in [0.1, 0.15) is 62.0 Å². The van der Waals surface area contributed by atoms with Crippen LogP contribution in [-0.2, 0) is 0 Å². The maximum absolute atomic E-state index is 13.4. The Labute approximate surface area is 190 Å². The molecular formula is C23H28N6O4. The first-order chi connectivity index (χ1) is 16.2. The molecule has 0 spiro atoms. The molecule has 10 nitrogen and oxygen atoms in total. The number of tetrazole rings is 1. The molecule has 0 unspecified atom stereocenters. The molecule has 174 valence electrons. The quantitative estimate of drug-likeness (QED) is 0.617. The Morgan fingerprint density at radius 2 is 1.76 bits per heavy atom. The van der Waals surface area contributed by atoms with E-state index in [4.69, 9.17) is 9.47 Å². The predicted octanol–water partition coefficient (Wildman–Crippen LogP) is 1.95. The van der Waals surface area contributed by atoms with Gasteiger partial charge in [0.05, 0.1) is 17.7 Å². The highest BCUT2D eigenvalue weighted by Gasteiger charge is 2.35. The van der Waals surface area contributed by atoms with Crippen molar-refractivity contribution in [3.8, 4) is 11.5 Å². The number of nitrogens with zero attached hydrogens (tertiary/aromatic N) is 5. The average molecular weight is 453 g/mol. The number of aromatic amines is 1. The standard InChI is InChI=1S/C23H28N6O4/c30-16-5-7-28(8-6-16)21(22-25-26-27-29(22)15-3-1-2-4-15)17-11-14-12-19-20(33-10-9-32-19)13-18(14)24-23(17)31/h11-13,15-16,21,30H,1-10H2,(H,24,31)/t21-/m1/s1. The second kappa shape index (κ2) is 8.42. The van der Waals surface area contributed by atoms with Crippen LogP contribution in [0.5, 0.6) is 11.5 Å². The molecule has 1 aromatic carbocycles. The predicted molar refractivity (Wildman–Crippen MR) is 120 cm³/mol. The number of likely N-dealkylation sites (tertiary alicyclic amines) is 1. The van der Waals surface area contributed by atoms with Gasteiger partial charge >= 0.3 is 0 Å². The van der Waals surface area contributed by atoms with Crippen molar-refractivity contribution < 1.29 is 14.6 Å². The van der Waals surface area contributed by atoms with Gasteiger partial charge in [-0.2, -0.15) is 0 Å². The number of aliphatic hydroxyl groups excluding tert-OH is 1. The molecule has 1 saturated heterocycles. The van der Waals surface area contributed by atoms with Crippen LogP contribution in [0.3, 0.4) is 0 Å². The number of H-pyrrole nitrogens is 1. The van der Waals surface area contributed by atoms with Gasteiger partial charge < -0.3 is 19.6 Å². The van der Waals surface area contributed by atoms with Gasteiger partial charge in [-0.3, -0.25) is 9.69 Å². The summed E-state index contributed by atoms with van der Waals surface area (Å²) in [5, 5.41) is 23.7. The average Bonchev–Trinajstić information content (AvgIpc) is 3.52. The number of hydrogen-bond donors (Lipinski definition) is 2. The number of hydrogen-bond acceptors (Lipinski definition) is 8. The summed E-state index contributed by atoms with van der Waals surface area (Å²) in [6, 6.07) is 5.53. The lowest BCUT2D eigenvalue weighted by atomic mass is 9.99. The lowest BCUT2D eigenvalue weighted by molar-refractivity contribution is 0.0654. The first kappa shape index (κ1) is 20.6. The molecule has 10 heteroatoms. The highest BCUT2D eigenvalue weighted by atomic mass is 16.6. The Morgan fingerprint density at radius 1 is 1.03 bits per heavy atom. The zero-order valence-electron chi connectivity index (χ0n) is 18.4. The fourth-order valence-corrected chi connectivity index (χ4v) is 5.40. The minimum Gasteiger partial charge on any atom is -0.486 e. The maximum Gasteiger partial charge on any atom is 0.253 e. The Kier molecular flexibility index (Phi) is 5.26. The van der Waals surface area contributed by atoms with Crippen LogP contribution in [0.2, 0.25) is 0 Å². The van der Waals surface area contributed by atoms with Crippen LogP contribution in [0.25, 0.3) is 10.9 Å². The van der Waals surface area contributed by atoms with Crippen molar-refractivity contribution in [1.29, 1.82) is 0 Å². The van der Waals surface area contributed by atoms with Crippen LogP contribution in [0.4, 0.5) is 0 Å². The van der Waals surface area contributed by atoms with Gasteiger partial charge in [-0.15, -0.1) is 5.10 Å². The van der Waals surface area contributed by atoms with E-state index < -0.39 is 6.04 Å². The zero-order valence-corrected chi connectivity index (χ0v) is 18.4. The number of rotatable bonds is 4. The summed E-state index contributed by atoms with van der Waals surface area (Å²) < 4.78 is 13.4. The molecule has 1 atom stereocenters. The summed E-state index contributed by atoms with van der Waals surface area (Å²) in [5.41, 5.74) is 1.14. The molecule has 33 heavy (non-hydrogen) atoms. The minimum atomic E-state index is -0.394. The molecule has 2 aromatic heterocycles. The van der Waals surface area contributed by atoms with Gasteiger partial charge in [0.25, 0.3) is 5.56 Å². The number of piperidine rings is 1. The second-order valence-electron chi connectivity index (χ2n) is 9.23. The third-order valence-corrected chi connectivity index (χ3v) is 7.13. The molecule has 0 amide bonds. The van der Waals surface area contributed by atoms with Crippen molar-refractivity contribution in [3.05, 3.63) is 39.9 Å². The van der Waals surface area contributed by atoms with Gasteiger partial charge in [0, 0.05) is 30.1 Å². The first-order valence-corrected chi connectivity index (χ1v) is 11.8. The molecule has 1 aliphatic carbocycles. The second-order valence-corrected chi connectivity index (χ2v) is 9.23. The number of nitrogens with one attached hydrogen (secondary N) is 1. The Bertz CT molecular complexity index is 1210. The number of fused-ring (bicyclic) bond motifs is 2. The van der Waals surface area contributed by atoms with E-state index in [1.54, 1.807) is 0 Å². The largest absolute Gasteiger partial charge is 0.486 e. The van der Waals surface area contributed by atoms with Crippen LogP contribution < -0.4 is 15.0 Å². The normalized spacial score (nSPS) is 21.0. The van der Waals surface area contributed by atoms with Gasteiger partial charge in [-0.1, -0.05) is 12.8 Å². The Hall–Kier alpha value is -2.98. The number of benzene rings is 1. The maximum atomic E-state index is 13.4. The highest BCUT2D eigenvalue weighted by molar-refractivity contribution is 5.83. The number of pyridine rings is 1. The number of aromatic nitrogens is 5. The molecule has 2 N–H and O–H groups in total. The third-order valence-electron chi connectivity index (χ3n) is 7.13. The van der Waals surface area contributed by atoms with Gasteiger partial charge in [-0.05, 0) is 48.2 Å². The molecule has 6 rings (SSSR count). The van der Waals surface area contributed by atoms with Crippen LogP contribution >= 0.6 is 0 Å². The van der Waals surface area contributed by atoms with Crippen molar-refractivity contribution in [2.45, 2.75) is 56.7 Å². The van der Waals surface area contributed by atoms with E-state index in [1.807, 2.05) is 22.9 Å². The van der Waals surface area contributed by atoms with Crippen molar-refractivity contribution in [3.63, 3.8) is 0 Å². The lowest BCUT2D eigenvalue weighted by Gasteiger charge is -2.35. The summed E-state index contributed by atoms with van der Waals surface area (Å²) >= 11 is 0. The van der Waals surface area contributed by atoms with E-state index in [0.29, 0.717) is 67.5 Å². The monoisotopic (exact) mass is 452 g/mol. The summed E-state index contributed by atoms with van der Waals surface area (Å²) in [6.07, 6.45) is 5.41. The summed E-state index contributed by atoms with van der Waals surface area (Å²) in [6.45, 7) is 2.33. The van der Waals surface area contributed by atoms with E-state index in [2.05, 4.69) is 25.4 Å². The van der Waals surface area contributed by atoms with Crippen LogP contribution in [0.15, 0.2) is 23.0 Å². The van der Waals surface area contributed by atoms with E-state index in [1.165, 1.54) is 0 Å². The number of ether oxygens (including phenoxy) is 2. The lowest BCUT2D eigenvalue weighted by Crippen LogP contribution is -2.42. The summed E-state index contributed by atoms with van der Waals surface area (Å²) in [5.74, 6) is 2.02. The Morgan fingerprint density at radius 3 is 2.52 bits per heavy atom. The van der Waals surface area contributed by atoms with E-state index in [-0.39, 0.29) is 17.7 Å². The SMILES string of the molecule is O=c1[nH]c2cc3c(cc2cc1[C@H](c1nnnn1C1CCCC1)N1CCC(O)CC1)OCCO3. The van der Waals surface area contributed by atoms with Gasteiger partial charge in [-0.25, -0.2) is 4.68 Å². The molecule has 2 fully saturated rings. The fraction of sp³-hybridized carbons (Fsp3) is 0.565. The zero-order chi connectivity index (χ0) is 22.4. The molecule has 2 aliphatic heterocycles. The van der Waals surface area contributed by atoms with Crippen molar-refractivity contribution in [2.75, 3.05) is 26.3 Å². The smallest absolute Gasteiger partial charge is 0.253 e. The molecule has 3 aromatic rings. The van der Waals surface area contributed by atoms with Gasteiger partial charge in [0.1, 0.15) is 19.3 Å². The summed E-state index contributed by atoms with van der Waals surface area (Å²) in [7, 11) is 0. The van der Waals surface area contributed by atoms with E-state index in [0.717, 1.165) is 31.1 Å². The minimum absolute atomic E-state index is 0.170. The topological polar surface area (TPSA) is 118 Å². The van der Waals surface area contributed by atoms with Crippen molar-refractivity contribution in [2.24, 2.45) is 0 Å². The highest BCUT2D eigenvalue weighted by Crippen LogP contribution is 2.37. The van der Waals surface area contributed by atoms with E-state index >= 15 is 0 Å². The third kappa shape index (κ3) is 3.76. The molecule has 3 aliphatic rings. The number of aliphatic hydroxyl groups is 1. The van der Waals surface area contributed by atoms with Crippen molar-refractivity contribution >= 4 is 10.9 Å². The molecule has 0 radical (unpaired) electrons. The van der Waals surface area contributed by atoms with Crippen LogP contribution in [0, 0.1) is 0 Å². The van der Waals surface area contributed by atoms with E-state index in [9.17, 15) is 9.90 Å². The molecular weight excluding hydrogens is 424 g/mol. The first-order valence-electron chi connectivity index (χ1n) is 11.8. The summed E-state index contributed by atoms with van der Waals surface area (Å²) in [4.78, 5) is 18.7. The molecule has 1 saturated carbocycles. The van der Waals surface area contributed by atoms with Crippen LogP contribution in [-0.4, -0.2) is 67.6 Å².